The number of rotatable bonds is 5. The van der Waals surface area contributed by atoms with Gasteiger partial charge in [0, 0.05) is 32.4 Å². The van der Waals surface area contributed by atoms with Crippen LogP contribution in [0.5, 0.6) is 0 Å². The van der Waals surface area contributed by atoms with Crippen molar-refractivity contribution in [1.29, 1.82) is 0 Å². The lowest BCUT2D eigenvalue weighted by atomic mass is 10.1. The van der Waals surface area contributed by atoms with E-state index in [0.717, 1.165) is 57.2 Å². The van der Waals surface area contributed by atoms with Gasteiger partial charge in [-0.1, -0.05) is 37.2 Å². The zero-order valence-corrected chi connectivity index (χ0v) is 18.7. The Bertz CT molecular complexity index is 796. The van der Waals surface area contributed by atoms with E-state index in [2.05, 4.69) is 11.8 Å². The Kier molecular flexibility index (Phi) is 7.39. The standard InChI is InChI=1S/C22H30F3N3OS/c1-4-5-10-27-11-7-12-28(14-13-27)20(29)19-16(2)26(3)21(30-19)17-8-6-9-18(15-17)22(23,24)25/h6,8-9,15,21H,4-5,7,10-14H2,1-3H3. The number of alkyl halides is 3. The maximum Gasteiger partial charge on any atom is 0.416 e. The number of allylic oxidation sites excluding steroid dienone is 1. The number of amides is 1. The van der Waals surface area contributed by atoms with Gasteiger partial charge in [-0.15, -0.1) is 0 Å². The molecule has 1 aromatic carbocycles. The number of carbonyl (C=O) groups is 1. The van der Waals surface area contributed by atoms with E-state index in [-0.39, 0.29) is 11.3 Å². The van der Waals surface area contributed by atoms with Crippen LogP contribution in [0.2, 0.25) is 0 Å². The van der Waals surface area contributed by atoms with Crippen molar-refractivity contribution in [2.24, 2.45) is 0 Å². The highest BCUT2D eigenvalue weighted by molar-refractivity contribution is 8.04. The van der Waals surface area contributed by atoms with Gasteiger partial charge in [0.2, 0.25) is 0 Å². The largest absolute Gasteiger partial charge is 0.416 e. The van der Waals surface area contributed by atoms with Crippen LogP contribution in [-0.2, 0) is 11.0 Å². The van der Waals surface area contributed by atoms with Gasteiger partial charge in [0.05, 0.1) is 10.5 Å². The molecule has 3 rings (SSSR count). The van der Waals surface area contributed by atoms with Gasteiger partial charge >= 0.3 is 6.18 Å². The number of unbranched alkanes of at least 4 members (excludes halogenated alkanes) is 1. The summed E-state index contributed by atoms with van der Waals surface area (Å²) < 4.78 is 39.4. The summed E-state index contributed by atoms with van der Waals surface area (Å²) in [6.45, 7) is 8.40. The summed E-state index contributed by atoms with van der Waals surface area (Å²) in [6.07, 6.45) is -1.11. The fraction of sp³-hybridized carbons (Fsp3) is 0.591. The zero-order valence-electron chi connectivity index (χ0n) is 17.8. The van der Waals surface area contributed by atoms with Crippen molar-refractivity contribution < 1.29 is 18.0 Å². The topological polar surface area (TPSA) is 26.8 Å². The monoisotopic (exact) mass is 441 g/mol. The summed E-state index contributed by atoms with van der Waals surface area (Å²) in [5.41, 5.74) is 0.715. The minimum absolute atomic E-state index is 0.00355. The molecule has 2 heterocycles. The van der Waals surface area contributed by atoms with Gasteiger partial charge in [0.25, 0.3) is 5.91 Å². The molecule has 30 heavy (non-hydrogen) atoms. The fourth-order valence-electron chi connectivity index (χ4n) is 3.90. The Morgan fingerprint density at radius 1 is 1.20 bits per heavy atom. The minimum atomic E-state index is -4.38. The first-order chi connectivity index (χ1) is 14.2. The molecule has 1 fully saturated rings. The van der Waals surface area contributed by atoms with Gasteiger partial charge < -0.3 is 14.7 Å². The highest BCUT2D eigenvalue weighted by Gasteiger charge is 2.36. The van der Waals surface area contributed by atoms with Crippen LogP contribution >= 0.6 is 11.8 Å². The van der Waals surface area contributed by atoms with Gasteiger partial charge in [-0.05, 0) is 50.6 Å². The van der Waals surface area contributed by atoms with Crippen molar-refractivity contribution in [1.82, 2.24) is 14.7 Å². The first-order valence-corrected chi connectivity index (χ1v) is 11.4. The predicted octanol–water partition coefficient (Wildman–Crippen LogP) is 4.95. The van der Waals surface area contributed by atoms with E-state index in [9.17, 15) is 18.0 Å². The average Bonchev–Trinajstić information content (AvgIpc) is 2.88. The molecule has 8 heteroatoms. The number of hydrogen-bond acceptors (Lipinski definition) is 4. The molecule has 2 aliphatic rings. The number of benzene rings is 1. The van der Waals surface area contributed by atoms with E-state index >= 15 is 0 Å². The van der Waals surface area contributed by atoms with Crippen molar-refractivity contribution in [3.05, 3.63) is 46.0 Å². The van der Waals surface area contributed by atoms with E-state index in [0.29, 0.717) is 17.0 Å². The lowest BCUT2D eigenvalue weighted by molar-refractivity contribution is -0.137. The van der Waals surface area contributed by atoms with E-state index in [1.807, 2.05) is 23.8 Å². The van der Waals surface area contributed by atoms with Gasteiger partial charge in [-0.2, -0.15) is 13.2 Å². The predicted molar refractivity (Wildman–Crippen MR) is 115 cm³/mol. The molecule has 166 valence electrons. The van der Waals surface area contributed by atoms with Crippen molar-refractivity contribution >= 4 is 17.7 Å². The van der Waals surface area contributed by atoms with Gasteiger partial charge in [-0.3, -0.25) is 4.79 Å². The Morgan fingerprint density at radius 3 is 2.67 bits per heavy atom. The fourth-order valence-corrected chi connectivity index (χ4v) is 5.27. The normalized spacial score (nSPS) is 21.3. The smallest absolute Gasteiger partial charge is 0.361 e. The number of thioether (sulfide) groups is 1. The van der Waals surface area contributed by atoms with Crippen molar-refractivity contribution in [3.8, 4) is 0 Å². The molecule has 0 spiro atoms. The third-order valence-electron chi connectivity index (χ3n) is 5.84. The third kappa shape index (κ3) is 5.14. The summed E-state index contributed by atoms with van der Waals surface area (Å²) in [4.78, 5) is 20.1. The summed E-state index contributed by atoms with van der Waals surface area (Å²) in [6, 6.07) is 5.40. The summed E-state index contributed by atoms with van der Waals surface area (Å²) in [7, 11) is 1.84. The van der Waals surface area contributed by atoms with Crippen molar-refractivity contribution in [3.63, 3.8) is 0 Å². The maximum absolute atomic E-state index is 13.3. The van der Waals surface area contributed by atoms with Crippen LogP contribution in [0, 0.1) is 0 Å². The minimum Gasteiger partial charge on any atom is -0.361 e. The van der Waals surface area contributed by atoms with Crippen LogP contribution in [-0.4, -0.2) is 60.4 Å². The highest BCUT2D eigenvalue weighted by atomic mass is 32.2. The van der Waals surface area contributed by atoms with Gasteiger partial charge in [0.15, 0.2) is 0 Å². The van der Waals surface area contributed by atoms with Crippen LogP contribution in [0.25, 0.3) is 0 Å². The Balaban J connectivity index is 1.71. The third-order valence-corrected chi connectivity index (χ3v) is 7.35. The quantitative estimate of drug-likeness (QED) is 0.646. The van der Waals surface area contributed by atoms with Crippen molar-refractivity contribution in [2.75, 3.05) is 39.8 Å². The molecule has 1 unspecified atom stereocenters. The molecule has 1 amide bonds. The summed E-state index contributed by atoms with van der Waals surface area (Å²) in [5.74, 6) is -0.00355. The molecule has 0 N–H and O–H groups in total. The second kappa shape index (κ2) is 9.64. The summed E-state index contributed by atoms with van der Waals surface area (Å²) >= 11 is 1.36. The molecule has 4 nitrogen and oxygen atoms in total. The van der Waals surface area contributed by atoms with Crippen molar-refractivity contribution in [2.45, 2.75) is 44.7 Å². The van der Waals surface area contributed by atoms with E-state index in [1.165, 1.54) is 23.9 Å². The van der Waals surface area contributed by atoms with Crippen LogP contribution < -0.4 is 0 Å². The highest BCUT2D eigenvalue weighted by Crippen LogP contribution is 2.47. The average molecular weight is 442 g/mol. The molecule has 1 saturated heterocycles. The van der Waals surface area contributed by atoms with E-state index in [4.69, 9.17) is 0 Å². The molecule has 1 atom stereocenters. The van der Waals surface area contributed by atoms with Crippen LogP contribution in [0.4, 0.5) is 13.2 Å². The van der Waals surface area contributed by atoms with Crippen LogP contribution in [0.3, 0.4) is 0 Å². The second-order valence-corrected chi connectivity index (χ2v) is 9.05. The SMILES string of the molecule is CCCCN1CCCN(C(=O)C2=C(C)N(C)C(c3cccc(C(F)(F)F)c3)S2)CC1. The first-order valence-electron chi connectivity index (χ1n) is 10.5. The summed E-state index contributed by atoms with van der Waals surface area (Å²) in [5, 5.41) is -0.334. The number of halogens is 3. The molecular formula is C22H30F3N3OS. The van der Waals surface area contributed by atoms with E-state index in [1.54, 1.807) is 6.07 Å². The lowest BCUT2D eigenvalue weighted by Gasteiger charge is -2.23. The molecule has 0 aromatic heterocycles. The Labute approximate surface area is 181 Å². The van der Waals surface area contributed by atoms with Crippen LogP contribution in [0.15, 0.2) is 34.9 Å². The molecule has 1 aromatic rings. The zero-order chi connectivity index (χ0) is 21.9. The molecule has 0 bridgehead atoms. The lowest BCUT2D eigenvalue weighted by Crippen LogP contribution is -2.36. The molecule has 0 saturated carbocycles. The Morgan fingerprint density at radius 2 is 1.97 bits per heavy atom. The maximum atomic E-state index is 13.3. The first kappa shape index (κ1) is 23.0. The van der Waals surface area contributed by atoms with Gasteiger partial charge in [0.1, 0.15) is 5.37 Å². The van der Waals surface area contributed by atoms with Gasteiger partial charge in [-0.25, -0.2) is 0 Å². The molecule has 0 aliphatic carbocycles. The Hall–Kier alpha value is -1.67. The molecule has 0 radical (unpaired) electrons. The number of nitrogens with zero attached hydrogens (tertiary/aromatic N) is 3. The number of carbonyl (C=O) groups excluding carboxylic acids is 1. The van der Waals surface area contributed by atoms with Crippen LogP contribution in [0.1, 0.15) is 49.6 Å². The molecular weight excluding hydrogens is 411 g/mol. The second-order valence-electron chi connectivity index (χ2n) is 7.96. The molecule has 2 aliphatic heterocycles. The number of hydrogen-bond donors (Lipinski definition) is 0. The van der Waals surface area contributed by atoms with E-state index < -0.39 is 11.7 Å².